The lowest BCUT2D eigenvalue weighted by Gasteiger charge is -2.32. The van der Waals surface area contributed by atoms with Gasteiger partial charge in [0.2, 0.25) is 0 Å². The fraction of sp³-hybridized carbons (Fsp3) is 0.185. The van der Waals surface area contributed by atoms with Crippen molar-refractivity contribution in [3.05, 3.63) is 100 Å². The third kappa shape index (κ3) is 3.42. The SMILES string of the molecule is Cc1ccc(C2=C(N3CCCc4ccccc43)C(=O)N(c3cc(F)ccc3F)C2=O)c(C)c1. The summed E-state index contributed by atoms with van der Waals surface area (Å²) in [7, 11) is 0. The van der Waals surface area contributed by atoms with Crippen molar-refractivity contribution in [2.45, 2.75) is 26.7 Å². The number of hydrogen-bond acceptors (Lipinski definition) is 3. The number of anilines is 2. The first kappa shape index (κ1) is 21.1. The second-order valence-corrected chi connectivity index (χ2v) is 8.47. The molecule has 0 N–H and O–H groups in total. The molecule has 0 saturated heterocycles. The second-order valence-electron chi connectivity index (χ2n) is 8.47. The van der Waals surface area contributed by atoms with E-state index in [0.717, 1.165) is 58.3 Å². The molecule has 3 aromatic rings. The molecule has 5 rings (SSSR count). The molecule has 0 spiro atoms. The van der Waals surface area contributed by atoms with Crippen LogP contribution in [0.4, 0.5) is 20.2 Å². The summed E-state index contributed by atoms with van der Waals surface area (Å²) < 4.78 is 28.7. The fourth-order valence-electron chi connectivity index (χ4n) is 4.75. The van der Waals surface area contributed by atoms with Crippen molar-refractivity contribution >= 4 is 28.8 Å². The van der Waals surface area contributed by atoms with Gasteiger partial charge in [-0.3, -0.25) is 9.59 Å². The van der Waals surface area contributed by atoms with E-state index in [4.69, 9.17) is 0 Å². The molecule has 166 valence electrons. The summed E-state index contributed by atoms with van der Waals surface area (Å²) in [6, 6.07) is 16.2. The number of aryl methyl sites for hydroxylation is 3. The normalized spacial score (nSPS) is 16.0. The number of para-hydroxylation sites is 1. The lowest BCUT2D eigenvalue weighted by molar-refractivity contribution is -0.120. The summed E-state index contributed by atoms with van der Waals surface area (Å²) in [6.45, 7) is 4.36. The Morgan fingerprint density at radius 2 is 1.64 bits per heavy atom. The van der Waals surface area contributed by atoms with Crippen molar-refractivity contribution in [2.75, 3.05) is 16.3 Å². The van der Waals surface area contributed by atoms with E-state index in [1.54, 1.807) is 0 Å². The lowest BCUT2D eigenvalue weighted by Crippen LogP contribution is -2.37. The molecule has 2 aliphatic heterocycles. The van der Waals surface area contributed by atoms with Crippen LogP contribution in [0.15, 0.2) is 66.4 Å². The standard InChI is InChI=1S/C27H22F2N2O2/c1-16-9-11-20(17(2)14-16)24-25(30-13-5-7-18-6-3-4-8-22(18)30)27(33)31(26(24)32)23-15-19(28)10-12-21(23)29/h3-4,6,8-12,14-15H,5,7,13H2,1-2H3. The average molecular weight is 444 g/mol. The van der Waals surface area contributed by atoms with Crippen LogP contribution < -0.4 is 9.80 Å². The van der Waals surface area contributed by atoms with Crippen molar-refractivity contribution in [1.82, 2.24) is 0 Å². The third-order valence-corrected chi connectivity index (χ3v) is 6.24. The maximum absolute atomic E-state index is 14.7. The molecule has 0 aromatic heterocycles. The smallest absolute Gasteiger partial charge is 0.282 e. The quantitative estimate of drug-likeness (QED) is 0.514. The number of carbonyl (C=O) groups excluding carboxylic acids is 2. The van der Waals surface area contributed by atoms with Gasteiger partial charge < -0.3 is 4.90 Å². The number of hydrogen-bond donors (Lipinski definition) is 0. The van der Waals surface area contributed by atoms with Gasteiger partial charge in [-0.25, -0.2) is 13.7 Å². The molecule has 4 nitrogen and oxygen atoms in total. The van der Waals surface area contributed by atoms with Crippen LogP contribution in [0.3, 0.4) is 0 Å². The second kappa shape index (κ2) is 7.96. The summed E-state index contributed by atoms with van der Waals surface area (Å²) in [5, 5.41) is 0. The highest BCUT2D eigenvalue weighted by atomic mass is 19.1. The summed E-state index contributed by atoms with van der Waals surface area (Å²) in [5.41, 5.74) is 4.40. The molecule has 0 bridgehead atoms. The number of amides is 2. The number of benzene rings is 3. The molecule has 0 unspecified atom stereocenters. The van der Waals surface area contributed by atoms with Gasteiger partial charge in [0.25, 0.3) is 11.8 Å². The molecular weight excluding hydrogens is 422 g/mol. The first-order valence-corrected chi connectivity index (χ1v) is 10.9. The molecule has 2 heterocycles. The largest absolute Gasteiger partial charge is 0.336 e. The van der Waals surface area contributed by atoms with Gasteiger partial charge in [-0.05, 0) is 61.6 Å². The number of fused-ring (bicyclic) bond motifs is 1. The van der Waals surface area contributed by atoms with Gasteiger partial charge in [-0.1, -0.05) is 42.0 Å². The van der Waals surface area contributed by atoms with E-state index in [2.05, 4.69) is 0 Å². The zero-order valence-corrected chi connectivity index (χ0v) is 18.4. The monoisotopic (exact) mass is 444 g/mol. The molecule has 33 heavy (non-hydrogen) atoms. The molecule has 0 atom stereocenters. The number of carbonyl (C=O) groups is 2. The van der Waals surface area contributed by atoms with Gasteiger partial charge in [0.1, 0.15) is 17.3 Å². The molecule has 0 radical (unpaired) electrons. The summed E-state index contributed by atoms with van der Waals surface area (Å²) >= 11 is 0. The van der Waals surface area contributed by atoms with Crippen LogP contribution in [0.5, 0.6) is 0 Å². The van der Waals surface area contributed by atoms with Crippen LogP contribution in [-0.2, 0) is 16.0 Å². The van der Waals surface area contributed by atoms with E-state index in [-0.39, 0.29) is 17.0 Å². The number of rotatable bonds is 3. The highest BCUT2D eigenvalue weighted by Gasteiger charge is 2.44. The van der Waals surface area contributed by atoms with Gasteiger partial charge in [0.05, 0.1) is 11.3 Å². The Morgan fingerprint density at radius 1 is 0.848 bits per heavy atom. The molecule has 6 heteroatoms. The highest BCUT2D eigenvalue weighted by molar-refractivity contribution is 6.46. The van der Waals surface area contributed by atoms with Gasteiger partial charge in [0.15, 0.2) is 0 Å². The van der Waals surface area contributed by atoms with Crippen molar-refractivity contribution < 1.29 is 18.4 Å². The molecule has 0 aliphatic carbocycles. The molecular formula is C27H22F2N2O2. The van der Waals surface area contributed by atoms with Crippen molar-refractivity contribution in [2.24, 2.45) is 0 Å². The van der Waals surface area contributed by atoms with Gasteiger partial charge in [-0.15, -0.1) is 0 Å². The molecule has 3 aromatic carbocycles. The van der Waals surface area contributed by atoms with E-state index in [0.29, 0.717) is 12.1 Å². The number of halogens is 2. The van der Waals surface area contributed by atoms with Crippen LogP contribution in [0.25, 0.3) is 5.57 Å². The highest BCUT2D eigenvalue weighted by Crippen LogP contribution is 2.40. The molecule has 2 aliphatic rings. The summed E-state index contributed by atoms with van der Waals surface area (Å²) in [5.74, 6) is -2.87. The van der Waals surface area contributed by atoms with Crippen LogP contribution in [0.2, 0.25) is 0 Å². The van der Waals surface area contributed by atoms with E-state index in [1.165, 1.54) is 0 Å². The Bertz CT molecular complexity index is 1350. The first-order valence-electron chi connectivity index (χ1n) is 10.9. The van der Waals surface area contributed by atoms with Gasteiger partial charge >= 0.3 is 0 Å². The average Bonchev–Trinajstić information content (AvgIpc) is 3.05. The maximum Gasteiger partial charge on any atom is 0.282 e. The molecule has 2 amide bonds. The van der Waals surface area contributed by atoms with Crippen LogP contribution in [0, 0.1) is 25.5 Å². The zero-order chi connectivity index (χ0) is 23.3. The van der Waals surface area contributed by atoms with Crippen molar-refractivity contribution in [3.8, 4) is 0 Å². The minimum Gasteiger partial charge on any atom is -0.336 e. The number of imide groups is 1. The third-order valence-electron chi connectivity index (χ3n) is 6.24. The lowest BCUT2D eigenvalue weighted by atomic mass is 9.95. The molecule has 0 saturated carbocycles. The minimum atomic E-state index is -0.835. The summed E-state index contributed by atoms with van der Waals surface area (Å²) in [6.07, 6.45) is 1.67. The van der Waals surface area contributed by atoms with Gasteiger partial charge in [0, 0.05) is 18.3 Å². The van der Waals surface area contributed by atoms with Crippen molar-refractivity contribution in [1.29, 1.82) is 0 Å². The Balaban J connectivity index is 1.75. The van der Waals surface area contributed by atoms with Crippen LogP contribution >= 0.6 is 0 Å². The van der Waals surface area contributed by atoms with E-state index in [1.807, 2.05) is 61.2 Å². The first-order chi connectivity index (χ1) is 15.9. The van der Waals surface area contributed by atoms with E-state index < -0.39 is 23.4 Å². The predicted molar refractivity (Wildman–Crippen MR) is 124 cm³/mol. The van der Waals surface area contributed by atoms with E-state index >= 15 is 0 Å². The topological polar surface area (TPSA) is 40.6 Å². The van der Waals surface area contributed by atoms with Gasteiger partial charge in [-0.2, -0.15) is 0 Å². The fourth-order valence-corrected chi connectivity index (χ4v) is 4.75. The number of nitrogens with zero attached hydrogens (tertiary/aromatic N) is 2. The summed E-state index contributed by atoms with van der Waals surface area (Å²) in [4.78, 5) is 30.1. The zero-order valence-electron chi connectivity index (χ0n) is 18.4. The van der Waals surface area contributed by atoms with Crippen LogP contribution in [0.1, 0.15) is 28.7 Å². The Kier molecular flexibility index (Phi) is 5.08. The molecule has 0 fully saturated rings. The van der Waals surface area contributed by atoms with Crippen LogP contribution in [-0.4, -0.2) is 18.4 Å². The Hall–Kier alpha value is -3.80. The predicted octanol–water partition coefficient (Wildman–Crippen LogP) is 5.32. The Morgan fingerprint density at radius 3 is 2.42 bits per heavy atom. The minimum absolute atomic E-state index is 0.197. The maximum atomic E-state index is 14.7. The van der Waals surface area contributed by atoms with Crippen molar-refractivity contribution in [3.63, 3.8) is 0 Å². The van der Waals surface area contributed by atoms with E-state index in [9.17, 15) is 18.4 Å². The Labute approximate surface area is 190 Å².